The van der Waals surface area contributed by atoms with Crippen LogP contribution in [0.25, 0.3) is 0 Å². The molecule has 100 valence electrons. The maximum atomic E-state index is 10.5. The molecule has 0 saturated carbocycles. The lowest BCUT2D eigenvalue weighted by Gasteiger charge is -2.05. The molecule has 0 atom stereocenters. The minimum absolute atomic E-state index is 0.0279. The van der Waals surface area contributed by atoms with Crippen molar-refractivity contribution in [3.8, 4) is 0 Å². The molecule has 0 radical (unpaired) electrons. The Hall–Kier alpha value is -1.31. The second-order valence-corrected chi connectivity index (χ2v) is 6.27. The van der Waals surface area contributed by atoms with Gasteiger partial charge in [0.1, 0.15) is 0 Å². The summed E-state index contributed by atoms with van der Waals surface area (Å²) >= 11 is 8.50. The monoisotopic (exact) mass is 315 g/mol. The van der Waals surface area contributed by atoms with Gasteiger partial charge >= 0.3 is 5.97 Å². The Bertz CT molecular complexity index is 603. The van der Waals surface area contributed by atoms with Gasteiger partial charge in [0, 0.05) is 0 Å². The van der Waals surface area contributed by atoms with Gasteiger partial charge in [0.15, 0.2) is 4.34 Å². The Labute approximate surface area is 123 Å². The summed E-state index contributed by atoms with van der Waals surface area (Å²) in [5.41, 5.74) is 1.84. The predicted molar refractivity (Wildman–Crippen MR) is 77.7 cm³/mol. The molecule has 19 heavy (non-hydrogen) atoms. The highest BCUT2D eigenvalue weighted by Crippen LogP contribution is 2.30. The number of aliphatic carboxylic acids is 1. The van der Waals surface area contributed by atoms with Crippen LogP contribution in [-0.4, -0.2) is 27.0 Å². The number of aromatic nitrogens is 2. The Morgan fingerprint density at radius 1 is 1.53 bits per heavy atom. The number of nitrogens with zero attached hydrogens (tertiary/aromatic N) is 2. The van der Waals surface area contributed by atoms with Gasteiger partial charge in [-0.05, 0) is 24.6 Å². The number of aryl methyl sites for hydroxylation is 1. The molecule has 0 aliphatic heterocycles. The quantitative estimate of drug-likeness (QED) is 0.823. The largest absolute Gasteiger partial charge is 0.481 e. The molecular weight excluding hydrogens is 306 g/mol. The standard InChI is InChI=1S/C11H10ClN3O2S2/c1-6-2-3-7(12)8(4-6)13-10-14-15-11(19-10)18-5-9(16)17/h2-4H,5H2,1H3,(H,13,14)(H,16,17). The Kier molecular flexibility index (Phi) is 4.62. The van der Waals surface area contributed by atoms with Crippen molar-refractivity contribution in [2.24, 2.45) is 0 Å². The number of rotatable bonds is 5. The van der Waals surface area contributed by atoms with Crippen LogP contribution in [0.3, 0.4) is 0 Å². The van der Waals surface area contributed by atoms with Crippen LogP contribution in [0.15, 0.2) is 22.5 Å². The molecule has 0 amide bonds. The van der Waals surface area contributed by atoms with E-state index in [1.54, 1.807) is 6.07 Å². The number of hydrogen-bond donors (Lipinski definition) is 2. The van der Waals surface area contributed by atoms with Crippen molar-refractivity contribution in [3.05, 3.63) is 28.8 Å². The van der Waals surface area contributed by atoms with Crippen LogP contribution in [0.1, 0.15) is 5.56 Å². The summed E-state index contributed by atoms with van der Waals surface area (Å²) in [5.74, 6) is -0.906. The topological polar surface area (TPSA) is 75.1 Å². The van der Waals surface area contributed by atoms with Gasteiger partial charge in [-0.3, -0.25) is 4.79 Å². The molecule has 8 heteroatoms. The predicted octanol–water partition coefficient (Wildman–Crippen LogP) is 3.42. The average molecular weight is 316 g/mol. The first-order valence-electron chi connectivity index (χ1n) is 5.26. The van der Waals surface area contributed by atoms with E-state index in [1.807, 2.05) is 19.1 Å². The van der Waals surface area contributed by atoms with E-state index in [4.69, 9.17) is 16.7 Å². The summed E-state index contributed by atoms with van der Waals surface area (Å²) < 4.78 is 0.605. The number of carbonyl (C=O) groups is 1. The molecule has 0 spiro atoms. The van der Waals surface area contributed by atoms with Crippen molar-refractivity contribution in [2.45, 2.75) is 11.3 Å². The number of thioether (sulfide) groups is 1. The minimum Gasteiger partial charge on any atom is -0.481 e. The molecule has 0 unspecified atom stereocenters. The summed E-state index contributed by atoms with van der Waals surface area (Å²) in [4.78, 5) is 10.5. The number of hydrogen-bond acceptors (Lipinski definition) is 6. The molecule has 1 heterocycles. The molecular formula is C11H10ClN3O2S2. The summed E-state index contributed by atoms with van der Waals surface area (Å²) in [6, 6.07) is 5.63. The molecule has 2 rings (SSSR count). The number of benzene rings is 1. The van der Waals surface area contributed by atoms with E-state index in [9.17, 15) is 4.79 Å². The fourth-order valence-corrected chi connectivity index (χ4v) is 2.94. The van der Waals surface area contributed by atoms with E-state index in [0.717, 1.165) is 23.0 Å². The lowest BCUT2D eigenvalue weighted by Crippen LogP contribution is -1.96. The van der Waals surface area contributed by atoms with Gasteiger partial charge in [0.05, 0.1) is 16.5 Å². The van der Waals surface area contributed by atoms with E-state index in [1.165, 1.54) is 11.3 Å². The maximum absolute atomic E-state index is 10.5. The van der Waals surface area contributed by atoms with Crippen molar-refractivity contribution < 1.29 is 9.90 Å². The third-order valence-corrected chi connectivity index (χ3v) is 4.38. The van der Waals surface area contributed by atoms with Crippen molar-refractivity contribution in [2.75, 3.05) is 11.1 Å². The number of anilines is 2. The summed E-state index contributed by atoms with van der Waals surface area (Å²) in [6.45, 7) is 1.97. The van der Waals surface area contributed by atoms with Crippen LogP contribution in [-0.2, 0) is 4.79 Å². The summed E-state index contributed by atoms with van der Waals surface area (Å²) in [6.07, 6.45) is 0. The molecule has 0 fully saturated rings. The fraction of sp³-hybridized carbons (Fsp3) is 0.182. The maximum Gasteiger partial charge on any atom is 0.313 e. The number of carboxylic acid groups (broad SMARTS) is 1. The lowest BCUT2D eigenvalue weighted by molar-refractivity contribution is -0.133. The van der Waals surface area contributed by atoms with E-state index in [0.29, 0.717) is 14.5 Å². The molecule has 0 saturated heterocycles. The summed E-state index contributed by atoms with van der Waals surface area (Å²) in [5, 5.41) is 20.7. The van der Waals surface area contributed by atoms with Crippen LogP contribution in [0, 0.1) is 6.92 Å². The highest BCUT2D eigenvalue weighted by atomic mass is 35.5. The van der Waals surface area contributed by atoms with Gasteiger partial charge in [-0.25, -0.2) is 0 Å². The van der Waals surface area contributed by atoms with Gasteiger partial charge < -0.3 is 10.4 Å². The van der Waals surface area contributed by atoms with Gasteiger partial charge in [0.2, 0.25) is 5.13 Å². The summed E-state index contributed by atoms with van der Waals surface area (Å²) in [7, 11) is 0. The number of nitrogens with one attached hydrogen (secondary N) is 1. The third-order valence-electron chi connectivity index (χ3n) is 2.09. The lowest BCUT2D eigenvalue weighted by atomic mass is 10.2. The Morgan fingerprint density at radius 2 is 2.32 bits per heavy atom. The van der Waals surface area contributed by atoms with Gasteiger partial charge in [-0.2, -0.15) is 0 Å². The normalized spacial score (nSPS) is 10.4. The first-order valence-corrected chi connectivity index (χ1v) is 7.44. The van der Waals surface area contributed by atoms with Crippen LogP contribution in [0.4, 0.5) is 10.8 Å². The molecule has 1 aromatic carbocycles. The van der Waals surface area contributed by atoms with E-state index in [2.05, 4.69) is 15.5 Å². The van der Waals surface area contributed by atoms with Crippen LogP contribution in [0.5, 0.6) is 0 Å². The second kappa shape index (κ2) is 6.23. The van der Waals surface area contributed by atoms with E-state index < -0.39 is 5.97 Å². The first kappa shape index (κ1) is 14.1. The molecule has 2 N–H and O–H groups in total. The highest BCUT2D eigenvalue weighted by Gasteiger charge is 2.08. The fourth-order valence-electron chi connectivity index (χ4n) is 1.29. The SMILES string of the molecule is Cc1ccc(Cl)c(Nc2nnc(SCC(=O)O)s2)c1. The molecule has 0 aliphatic carbocycles. The number of carboxylic acids is 1. The first-order chi connectivity index (χ1) is 9.04. The van der Waals surface area contributed by atoms with E-state index in [-0.39, 0.29) is 5.75 Å². The second-order valence-electron chi connectivity index (χ2n) is 3.66. The van der Waals surface area contributed by atoms with Gasteiger partial charge in [0.25, 0.3) is 0 Å². The van der Waals surface area contributed by atoms with Crippen molar-refractivity contribution in [3.63, 3.8) is 0 Å². The van der Waals surface area contributed by atoms with Crippen LogP contribution in [0.2, 0.25) is 5.02 Å². The van der Waals surface area contributed by atoms with Crippen LogP contribution >= 0.6 is 34.7 Å². The zero-order valence-electron chi connectivity index (χ0n) is 9.88. The smallest absolute Gasteiger partial charge is 0.313 e. The highest BCUT2D eigenvalue weighted by molar-refractivity contribution is 8.01. The zero-order valence-corrected chi connectivity index (χ0v) is 12.3. The number of halogens is 1. The Balaban J connectivity index is 2.07. The van der Waals surface area contributed by atoms with Crippen molar-refractivity contribution in [1.82, 2.24) is 10.2 Å². The third kappa shape index (κ3) is 4.09. The average Bonchev–Trinajstić information content (AvgIpc) is 2.79. The zero-order chi connectivity index (χ0) is 13.8. The van der Waals surface area contributed by atoms with Crippen molar-refractivity contribution in [1.29, 1.82) is 0 Å². The Morgan fingerprint density at radius 3 is 3.05 bits per heavy atom. The van der Waals surface area contributed by atoms with Gasteiger partial charge in [-0.1, -0.05) is 40.8 Å². The molecule has 1 aromatic heterocycles. The molecule has 0 aliphatic rings. The minimum atomic E-state index is -0.878. The van der Waals surface area contributed by atoms with Gasteiger partial charge in [-0.15, -0.1) is 10.2 Å². The molecule has 0 bridgehead atoms. The molecule has 5 nitrogen and oxygen atoms in total. The molecule has 2 aromatic rings. The van der Waals surface area contributed by atoms with Crippen LogP contribution < -0.4 is 5.32 Å². The van der Waals surface area contributed by atoms with E-state index >= 15 is 0 Å². The van der Waals surface area contributed by atoms with Crippen molar-refractivity contribution >= 4 is 51.5 Å².